The van der Waals surface area contributed by atoms with Gasteiger partial charge in [-0.1, -0.05) is 11.6 Å². The van der Waals surface area contributed by atoms with E-state index in [1.807, 2.05) is 13.8 Å². The third-order valence-electron chi connectivity index (χ3n) is 4.95. The molecule has 0 N–H and O–H groups in total. The molecule has 4 aromatic rings. The number of nitro groups is 1. The molecule has 0 aliphatic heterocycles. The second-order valence-corrected chi connectivity index (χ2v) is 7.62. The van der Waals surface area contributed by atoms with Crippen LogP contribution in [0.2, 0.25) is 5.02 Å². The smallest absolute Gasteiger partial charge is 0.338 e. The fourth-order valence-electron chi connectivity index (χ4n) is 3.13. The van der Waals surface area contributed by atoms with E-state index in [0.717, 1.165) is 17.1 Å². The van der Waals surface area contributed by atoms with Crippen molar-refractivity contribution in [1.82, 2.24) is 20.0 Å². The summed E-state index contributed by atoms with van der Waals surface area (Å²) < 4.78 is 12.7. The maximum absolute atomic E-state index is 12.6. The van der Waals surface area contributed by atoms with Crippen LogP contribution in [0.25, 0.3) is 17.1 Å². The Kier molecular flexibility index (Phi) is 5.93. The van der Waals surface area contributed by atoms with E-state index in [4.69, 9.17) is 20.8 Å². The van der Waals surface area contributed by atoms with Crippen molar-refractivity contribution in [3.63, 3.8) is 0 Å². The highest BCUT2D eigenvalue weighted by molar-refractivity contribution is 6.31. The van der Waals surface area contributed by atoms with E-state index < -0.39 is 17.0 Å². The molecular formula is C22H18ClN5O5. The van der Waals surface area contributed by atoms with Gasteiger partial charge in [0.25, 0.3) is 11.6 Å². The predicted molar refractivity (Wildman–Crippen MR) is 118 cm³/mol. The number of aryl methyl sites for hydroxylation is 1. The Hall–Kier alpha value is -4.05. The standard InChI is InChI=1S/C22H18ClN5O5/c1-12-19(23)13(2)27(26-12)17-8-6-16(7-9-17)22(29)32-14(3)20-24-25-21(33-20)15-4-10-18(11-5-15)28(30)31/h4-11,14H,1-3H3. The summed E-state index contributed by atoms with van der Waals surface area (Å²) in [7, 11) is 0. The van der Waals surface area contributed by atoms with Crippen LogP contribution in [-0.4, -0.2) is 30.9 Å². The van der Waals surface area contributed by atoms with Crippen molar-refractivity contribution in [2.45, 2.75) is 26.9 Å². The molecule has 0 saturated heterocycles. The lowest BCUT2D eigenvalue weighted by molar-refractivity contribution is -0.384. The summed E-state index contributed by atoms with van der Waals surface area (Å²) in [6.45, 7) is 5.29. The number of nitro benzene ring substituents is 1. The van der Waals surface area contributed by atoms with Gasteiger partial charge in [-0.3, -0.25) is 10.1 Å². The van der Waals surface area contributed by atoms with Crippen molar-refractivity contribution >= 4 is 23.3 Å². The van der Waals surface area contributed by atoms with Crippen LogP contribution in [0.4, 0.5) is 5.69 Å². The van der Waals surface area contributed by atoms with Crippen LogP contribution in [0.5, 0.6) is 0 Å². The molecule has 0 spiro atoms. The zero-order valence-electron chi connectivity index (χ0n) is 17.9. The Labute approximate surface area is 192 Å². The maximum atomic E-state index is 12.6. The fraction of sp³-hybridized carbons (Fsp3) is 0.182. The lowest BCUT2D eigenvalue weighted by atomic mass is 10.2. The predicted octanol–water partition coefficient (Wildman–Crippen LogP) is 5.02. The lowest BCUT2D eigenvalue weighted by Crippen LogP contribution is -2.10. The average Bonchev–Trinajstić information content (AvgIpc) is 3.41. The van der Waals surface area contributed by atoms with E-state index in [9.17, 15) is 14.9 Å². The highest BCUT2D eigenvalue weighted by Gasteiger charge is 2.21. The summed E-state index contributed by atoms with van der Waals surface area (Å²) in [6.07, 6.45) is -0.800. The number of halogens is 1. The molecule has 0 saturated carbocycles. The molecule has 33 heavy (non-hydrogen) atoms. The SMILES string of the molecule is Cc1nn(-c2ccc(C(=O)OC(C)c3nnc(-c4ccc([N+](=O)[O-])cc4)o3)cc2)c(C)c1Cl. The van der Waals surface area contributed by atoms with Gasteiger partial charge in [0.2, 0.25) is 5.89 Å². The molecule has 0 bridgehead atoms. The Morgan fingerprint density at radius 1 is 1.12 bits per heavy atom. The minimum atomic E-state index is -0.800. The highest BCUT2D eigenvalue weighted by atomic mass is 35.5. The number of benzene rings is 2. The number of carbonyl (C=O) groups is 1. The van der Waals surface area contributed by atoms with Gasteiger partial charge in [-0.2, -0.15) is 5.10 Å². The average molecular weight is 468 g/mol. The molecule has 0 aliphatic rings. The van der Waals surface area contributed by atoms with E-state index >= 15 is 0 Å². The zero-order chi connectivity index (χ0) is 23.7. The quantitative estimate of drug-likeness (QED) is 0.220. The Bertz CT molecular complexity index is 1330. The number of aromatic nitrogens is 4. The van der Waals surface area contributed by atoms with E-state index in [1.54, 1.807) is 35.9 Å². The van der Waals surface area contributed by atoms with E-state index in [2.05, 4.69) is 15.3 Å². The van der Waals surface area contributed by atoms with Gasteiger partial charge in [0.15, 0.2) is 6.10 Å². The molecule has 0 radical (unpaired) electrons. The molecule has 0 fully saturated rings. The topological polar surface area (TPSA) is 126 Å². The number of esters is 1. The Balaban J connectivity index is 1.44. The zero-order valence-corrected chi connectivity index (χ0v) is 18.6. The minimum absolute atomic E-state index is 0.0484. The summed E-state index contributed by atoms with van der Waals surface area (Å²) in [5, 5.41) is 23.6. The van der Waals surface area contributed by atoms with Crippen molar-refractivity contribution < 1.29 is 18.9 Å². The van der Waals surface area contributed by atoms with Gasteiger partial charge in [-0.25, -0.2) is 9.48 Å². The number of rotatable bonds is 6. The van der Waals surface area contributed by atoms with E-state index in [0.29, 0.717) is 16.1 Å². The number of nitrogens with zero attached hydrogens (tertiary/aromatic N) is 5. The van der Waals surface area contributed by atoms with Crippen molar-refractivity contribution in [1.29, 1.82) is 0 Å². The molecule has 0 amide bonds. The van der Waals surface area contributed by atoms with Gasteiger partial charge in [-0.05, 0) is 57.2 Å². The number of hydrogen-bond donors (Lipinski definition) is 0. The van der Waals surface area contributed by atoms with Gasteiger partial charge >= 0.3 is 5.97 Å². The molecule has 0 aliphatic carbocycles. The first-order chi connectivity index (χ1) is 15.7. The van der Waals surface area contributed by atoms with Crippen LogP contribution in [0, 0.1) is 24.0 Å². The van der Waals surface area contributed by atoms with Crippen molar-refractivity contribution in [3.8, 4) is 17.1 Å². The van der Waals surface area contributed by atoms with Gasteiger partial charge in [0.1, 0.15) is 0 Å². The van der Waals surface area contributed by atoms with Crippen molar-refractivity contribution in [2.75, 3.05) is 0 Å². The fourth-order valence-corrected chi connectivity index (χ4v) is 3.25. The molecular weight excluding hydrogens is 450 g/mol. The lowest BCUT2D eigenvalue weighted by Gasteiger charge is -2.10. The molecule has 11 heteroatoms. The molecule has 1 atom stereocenters. The normalized spacial score (nSPS) is 11.9. The number of hydrogen-bond acceptors (Lipinski definition) is 8. The van der Waals surface area contributed by atoms with Crippen LogP contribution in [-0.2, 0) is 4.74 Å². The van der Waals surface area contributed by atoms with E-state index in [-0.39, 0.29) is 17.5 Å². The second kappa shape index (κ2) is 8.83. The highest BCUT2D eigenvalue weighted by Crippen LogP contribution is 2.26. The number of carbonyl (C=O) groups excluding carboxylic acids is 1. The summed E-state index contributed by atoms with van der Waals surface area (Å²) in [6, 6.07) is 12.4. The first kappa shape index (κ1) is 22.2. The number of non-ortho nitro benzene ring substituents is 1. The summed E-state index contributed by atoms with van der Waals surface area (Å²) in [5.74, 6) is -0.295. The molecule has 168 valence electrons. The van der Waals surface area contributed by atoms with Crippen molar-refractivity contribution in [3.05, 3.63) is 86.5 Å². The Morgan fingerprint density at radius 2 is 1.79 bits per heavy atom. The first-order valence-corrected chi connectivity index (χ1v) is 10.2. The maximum Gasteiger partial charge on any atom is 0.338 e. The van der Waals surface area contributed by atoms with Gasteiger partial charge in [0.05, 0.1) is 32.6 Å². The van der Waals surface area contributed by atoms with E-state index in [1.165, 1.54) is 24.3 Å². The van der Waals surface area contributed by atoms with Crippen LogP contribution in [0.15, 0.2) is 52.9 Å². The van der Waals surface area contributed by atoms with Crippen LogP contribution < -0.4 is 0 Å². The monoisotopic (exact) mass is 467 g/mol. The largest absolute Gasteiger partial charge is 0.449 e. The van der Waals surface area contributed by atoms with Gasteiger partial charge in [-0.15, -0.1) is 10.2 Å². The summed E-state index contributed by atoms with van der Waals surface area (Å²) in [4.78, 5) is 22.8. The summed E-state index contributed by atoms with van der Waals surface area (Å²) in [5.41, 5.74) is 3.09. The second-order valence-electron chi connectivity index (χ2n) is 7.24. The van der Waals surface area contributed by atoms with Crippen LogP contribution in [0.3, 0.4) is 0 Å². The third-order valence-corrected chi connectivity index (χ3v) is 5.49. The molecule has 4 rings (SSSR count). The number of ether oxygens (including phenoxy) is 1. The van der Waals surface area contributed by atoms with Crippen LogP contribution in [0.1, 0.15) is 40.7 Å². The molecule has 2 aromatic carbocycles. The van der Waals surface area contributed by atoms with Crippen LogP contribution >= 0.6 is 11.6 Å². The molecule has 2 heterocycles. The summed E-state index contributed by atoms with van der Waals surface area (Å²) >= 11 is 6.20. The first-order valence-electron chi connectivity index (χ1n) is 9.86. The van der Waals surface area contributed by atoms with Crippen molar-refractivity contribution in [2.24, 2.45) is 0 Å². The minimum Gasteiger partial charge on any atom is -0.449 e. The molecule has 1 unspecified atom stereocenters. The third kappa shape index (κ3) is 4.46. The molecule has 2 aromatic heterocycles. The molecule has 10 nitrogen and oxygen atoms in total. The van der Waals surface area contributed by atoms with Gasteiger partial charge < -0.3 is 9.15 Å². The van der Waals surface area contributed by atoms with Gasteiger partial charge in [0, 0.05) is 17.7 Å². The Morgan fingerprint density at radius 3 is 2.36 bits per heavy atom.